The van der Waals surface area contributed by atoms with E-state index in [9.17, 15) is 0 Å². The molecule has 0 atom stereocenters. The Kier molecular flexibility index (Phi) is 5.72. The van der Waals surface area contributed by atoms with Gasteiger partial charge in [0.2, 0.25) is 0 Å². The quantitative estimate of drug-likeness (QED) is 0.443. The van der Waals surface area contributed by atoms with Gasteiger partial charge in [-0.1, -0.05) is 12.7 Å². The van der Waals surface area contributed by atoms with Crippen molar-refractivity contribution in [2.45, 2.75) is 0 Å². The molecule has 0 aromatic carbocycles. The molecular formula is C7H10N2. The van der Waals surface area contributed by atoms with Crippen LogP contribution in [0.2, 0.25) is 0 Å². The molecular weight excluding hydrogens is 112 g/mol. The van der Waals surface area contributed by atoms with E-state index in [-0.39, 0.29) is 0 Å². The van der Waals surface area contributed by atoms with Crippen molar-refractivity contribution in [3.05, 3.63) is 37.2 Å². The van der Waals surface area contributed by atoms with Crippen LogP contribution in [-0.2, 0) is 0 Å². The normalized spacial score (nSPS) is 12.0. The van der Waals surface area contributed by atoms with Gasteiger partial charge in [0.05, 0.1) is 0 Å². The lowest BCUT2D eigenvalue weighted by Gasteiger charge is -1.70. The Hall–Kier alpha value is -1.31. The highest BCUT2D eigenvalue weighted by molar-refractivity contribution is 5.71. The molecule has 2 heteroatoms. The van der Waals surface area contributed by atoms with Crippen molar-refractivity contribution >= 4 is 6.21 Å². The maximum Gasteiger partial charge on any atom is 0.0267 e. The molecule has 0 aromatic rings. The molecule has 0 saturated heterocycles. The highest BCUT2D eigenvalue weighted by atomic mass is 14.6. The number of hydrogen-bond donors (Lipinski definition) is 1. The molecule has 0 fully saturated rings. The van der Waals surface area contributed by atoms with Crippen LogP contribution in [0, 0.1) is 0 Å². The zero-order chi connectivity index (χ0) is 6.95. The van der Waals surface area contributed by atoms with E-state index < -0.39 is 0 Å². The molecule has 0 aliphatic heterocycles. The van der Waals surface area contributed by atoms with E-state index in [1.165, 1.54) is 12.4 Å². The predicted molar refractivity (Wildman–Crippen MR) is 41.2 cm³/mol. The molecule has 48 valence electrons. The maximum atomic E-state index is 5.05. The molecule has 0 amide bonds. The van der Waals surface area contributed by atoms with Crippen molar-refractivity contribution in [1.29, 1.82) is 0 Å². The second-order valence-corrected chi connectivity index (χ2v) is 1.25. The minimum atomic E-state index is 1.46. The molecule has 2 N–H and O–H groups in total. The van der Waals surface area contributed by atoms with Crippen LogP contribution in [0.25, 0.3) is 0 Å². The monoisotopic (exact) mass is 122 g/mol. The summed E-state index contributed by atoms with van der Waals surface area (Å²) in [5, 5.41) is 0. The van der Waals surface area contributed by atoms with E-state index in [0.717, 1.165) is 0 Å². The number of rotatable bonds is 3. The fraction of sp³-hybridized carbons (Fsp3) is 0. The summed E-state index contributed by atoms with van der Waals surface area (Å²) in [7, 11) is 0. The summed E-state index contributed by atoms with van der Waals surface area (Å²) < 4.78 is 0. The lowest BCUT2D eigenvalue weighted by Crippen LogP contribution is -1.72. The largest absolute Gasteiger partial charge is 0.405 e. The van der Waals surface area contributed by atoms with Gasteiger partial charge < -0.3 is 5.73 Å². The van der Waals surface area contributed by atoms with Crippen LogP contribution in [0.5, 0.6) is 0 Å². The SMILES string of the molecule is C=C\N=C/C=C\C=C\N. The lowest BCUT2D eigenvalue weighted by atomic mass is 10.5. The standard InChI is InChI=1S/C7H10N2/c1-2-9-7-5-3-4-6-8/h2-7H,1,8H2/b5-3-,6-4+,9-7-. The third-order valence-corrected chi connectivity index (χ3v) is 0.611. The summed E-state index contributed by atoms with van der Waals surface area (Å²) in [4.78, 5) is 3.72. The molecule has 0 spiro atoms. The molecule has 0 aliphatic rings. The third-order valence-electron chi connectivity index (χ3n) is 0.611. The van der Waals surface area contributed by atoms with Crippen LogP contribution >= 0.6 is 0 Å². The second-order valence-electron chi connectivity index (χ2n) is 1.25. The molecule has 9 heavy (non-hydrogen) atoms. The Labute approximate surface area is 55.1 Å². The second kappa shape index (κ2) is 6.69. The number of nitrogens with two attached hydrogens (primary N) is 1. The van der Waals surface area contributed by atoms with Crippen molar-refractivity contribution in [1.82, 2.24) is 0 Å². The van der Waals surface area contributed by atoms with Crippen LogP contribution in [0.4, 0.5) is 0 Å². The van der Waals surface area contributed by atoms with E-state index in [1.807, 2.05) is 0 Å². The van der Waals surface area contributed by atoms with Crippen molar-refractivity contribution in [3.8, 4) is 0 Å². The predicted octanol–water partition coefficient (Wildman–Crippen LogP) is 1.23. The van der Waals surface area contributed by atoms with Crippen molar-refractivity contribution in [2.75, 3.05) is 0 Å². The number of allylic oxidation sites excluding steroid dienone is 3. The highest BCUT2D eigenvalue weighted by Gasteiger charge is 1.57. The Morgan fingerprint density at radius 1 is 1.22 bits per heavy atom. The molecule has 0 saturated carbocycles. The smallest absolute Gasteiger partial charge is 0.0267 e. The summed E-state index contributed by atoms with van der Waals surface area (Å²) in [5.74, 6) is 0. The van der Waals surface area contributed by atoms with Gasteiger partial charge >= 0.3 is 0 Å². The molecule has 0 aromatic heterocycles. The summed E-state index contributed by atoms with van der Waals surface area (Å²) >= 11 is 0. The van der Waals surface area contributed by atoms with Crippen LogP contribution in [-0.4, -0.2) is 6.21 Å². The zero-order valence-corrected chi connectivity index (χ0v) is 5.20. The molecule has 0 rings (SSSR count). The lowest BCUT2D eigenvalue weighted by molar-refractivity contribution is 1.60. The fourth-order valence-electron chi connectivity index (χ4n) is 0.289. The summed E-state index contributed by atoms with van der Waals surface area (Å²) in [6.07, 6.45) is 9.83. The van der Waals surface area contributed by atoms with Crippen molar-refractivity contribution < 1.29 is 0 Å². The Morgan fingerprint density at radius 2 is 2.00 bits per heavy atom. The average molecular weight is 122 g/mol. The molecule has 0 bridgehead atoms. The minimum absolute atomic E-state index is 1.46. The number of nitrogens with zero attached hydrogens (tertiary/aromatic N) is 1. The van der Waals surface area contributed by atoms with Crippen LogP contribution in [0.3, 0.4) is 0 Å². The van der Waals surface area contributed by atoms with Crippen LogP contribution in [0.15, 0.2) is 42.2 Å². The van der Waals surface area contributed by atoms with Crippen molar-refractivity contribution in [3.63, 3.8) is 0 Å². The number of aliphatic imine (C=N–C) groups is 1. The van der Waals surface area contributed by atoms with Gasteiger partial charge in [-0.25, -0.2) is 0 Å². The molecule has 0 unspecified atom stereocenters. The van der Waals surface area contributed by atoms with E-state index in [4.69, 9.17) is 5.73 Å². The number of hydrogen-bond acceptors (Lipinski definition) is 2. The van der Waals surface area contributed by atoms with Gasteiger partial charge in [0.1, 0.15) is 0 Å². The molecule has 0 heterocycles. The van der Waals surface area contributed by atoms with Gasteiger partial charge in [-0.05, 0) is 18.4 Å². The first kappa shape index (κ1) is 7.69. The minimum Gasteiger partial charge on any atom is -0.405 e. The summed E-state index contributed by atoms with van der Waals surface area (Å²) in [5.41, 5.74) is 5.05. The first-order chi connectivity index (χ1) is 4.41. The third kappa shape index (κ3) is 6.69. The highest BCUT2D eigenvalue weighted by Crippen LogP contribution is 1.71. The van der Waals surface area contributed by atoms with Gasteiger partial charge in [0.25, 0.3) is 0 Å². The zero-order valence-electron chi connectivity index (χ0n) is 5.20. The maximum absolute atomic E-state index is 5.05. The summed E-state index contributed by atoms with van der Waals surface area (Å²) in [6.45, 7) is 3.40. The van der Waals surface area contributed by atoms with Gasteiger partial charge in [-0.2, -0.15) is 0 Å². The summed E-state index contributed by atoms with van der Waals surface area (Å²) in [6, 6.07) is 0. The molecule has 0 radical (unpaired) electrons. The van der Waals surface area contributed by atoms with E-state index in [2.05, 4.69) is 11.6 Å². The Balaban J connectivity index is 3.46. The van der Waals surface area contributed by atoms with Crippen molar-refractivity contribution in [2.24, 2.45) is 10.7 Å². The van der Waals surface area contributed by atoms with Gasteiger partial charge in [-0.15, -0.1) is 0 Å². The Bertz CT molecular complexity index is 143. The molecule has 0 aliphatic carbocycles. The van der Waals surface area contributed by atoms with Crippen LogP contribution < -0.4 is 5.73 Å². The average Bonchev–Trinajstić information content (AvgIpc) is 1.89. The van der Waals surface area contributed by atoms with Crippen LogP contribution in [0.1, 0.15) is 0 Å². The topological polar surface area (TPSA) is 38.4 Å². The van der Waals surface area contributed by atoms with Gasteiger partial charge in [0.15, 0.2) is 0 Å². The van der Waals surface area contributed by atoms with Gasteiger partial charge in [-0.3, -0.25) is 4.99 Å². The fourth-order valence-corrected chi connectivity index (χ4v) is 0.289. The van der Waals surface area contributed by atoms with E-state index >= 15 is 0 Å². The first-order valence-corrected chi connectivity index (χ1v) is 2.59. The Morgan fingerprint density at radius 3 is 2.56 bits per heavy atom. The van der Waals surface area contributed by atoms with Gasteiger partial charge in [0, 0.05) is 12.4 Å². The molecule has 2 nitrogen and oxygen atoms in total. The van der Waals surface area contributed by atoms with E-state index in [1.54, 1.807) is 24.4 Å². The first-order valence-electron chi connectivity index (χ1n) is 2.59. The van der Waals surface area contributed by atoms with E-state index in [0.29, 0.717) is 0 Å².